The topological polar surface area (TPSA) is 26.3 Å². The molecule has 1 atom stereocenters. The Balaban J connectivity index is 3.41. The van der Waals surface area contributed by atoms with Crippen LogP contribution in [0.5, 0.6) is 0 Å². The Bertz CT molecular complexity index is 471. The van der Waals surface area contributed by atoms with Crippen molar-refractivity contribution >= 4 is 21.9 Å². The van der Waals surface area contributed by atoms with Crippen LogP contribution in [0.2, 0.25) is 0 Å². The molecule has 1 aromatic carbocycles. The molecule has 0 spiro atoms. The van der Waals surface area contributed by atoms with E-state index in [4.69, 9.17) is 0 Å². The van der Waals surface area contributed by atoms with Gasteiger partial charge in [0.2, 0.25) is 0 Å². The van der Waals surface area contributed by atoms with E-state index in [0.717, 1.165) is 7.11 Å². The van der Waals surface area contributed by atoms with Gasteiger partial charge in [0.05, 0.1) is 23.1 Å². The van der Waals surface area contributed by atoms with Crippen molar-refractivity contribution in [2.75, 3.05) is 7.11 Å². The lowest BCUT2D eigenvalue weighted by Crippen LogP contribution is -2.17. The summed E-state index contributed by atoms with van der Waals surface area (Å²) in [5.41, 5.74) is -1.51. The van der Waals surface area contributed by atoms with Crippen LogP contribution < -0.4 is 0 Å². The lowest BCUT2D eigenvalue weighted by atomic mass is 9.95. The second-order valence-corrected chi connectivity index (χ2v) is 4.45. The second kappa shape index (κ2) is 5.26. The molecule has 7 heteroatoms. The fourth-order valence-corrected chi connectivity index (χ4v) is 1.81. The normalized spacial score (nSPS) is 13.3. The summed E-state index contributed by atoms with van der Waals surface area (Å²) in [5.74, 6) is -2.93. The van der Waals surface area contributed by atoms with Crippen LogP contribution in [0.4, 0.5) is 17.6 Å². The third-order valence-corrected chi connectivity index (χ3v) is 3.03. The van der Waals surface area contributed by atoms with Crippen molar-refractivity contribution in [1.29, 1.82) is 0 Å². The Morgan fingerprint density at radius 2 is 1.94 bits per heavy atom. The summed E-state index contributed by atoms with van der Waals surface area (Å²) in [7, 11) is 1.06. The van der Waals surface area contributed by atoms with E-state index >= 15 is 0 Å². The Morgan fingerprint density at radius 3 is 2.39 bits per heavy atom. The number of rotatable bonds is 2. The van der Waals surface area contributed by atoms with E-state index in [9.17, 15) is 22.4 Å². The Labute approximate surface area is 109 Å². The van der Waals surface area contributed by atoms with Gasteiger partial charge in [-0.2, -0.15) is 13.2 Å². The highest BCUT2D eigenvalue weighted by Gasteiger charge is 2.37. The van der Waals surface area contributed by atoms with Crippen molar-refractivity contribution in [2.24, 2.45) is 0 Å². The van der Waals surface area contributed by atoms with Crippen LogP contribution in [0.15, 0.2) is 16.6 Å². The first-order chi connectivity index (χ1) is 8.18. The summed E-state index contributed by atoms with van der Waals surface area (Å²) in [6.07, 6.45) is -4.67. The van der Waals surface area contributed by atoms with E-state index in [1.54, 1.807) is 0 Å². The number of hydrogen-bond acceptors (Lipinski definition) is 2. The first-order valence-electron chi connectivity index (χ1n) is 4.82. The Kier molecular flexibility index (Phi) is 4.37. The number of methoxy groups -OCH3 is 1. The van der Waals surface area contributed by atoms with E-state index in [1.165, 1.54) is 6.92 Å². The van der Waals surface area contributed by atoms with Gasteiger partial charge >= 0.3 is 12.1 Å². The zero-order chi connectivity index (χ0) is 14.1. The molecule has 1 aromatic rings. The predicted molar refractivity (Wildman–Crippen MR) is 59.5 cm³/mol. The van der Waals surface area contributed by atoms with Crippen LogP contribution in [-0.4, -0.2) is 13.1 Å². The van der Waals surface area contributed by atoms with Crippen LogP contribution in [-0.2, 0) is 15.7 Å². The number of esters is 1. The van der Waals surface area contributed by atoms with Crippen LogP contribution >= 0.6 is 15.9 Å². The summed E-state index contributed by atoms with van der Waals surface area (Å²) in [4.78, 5) is 11.3. The van der Waals surface area contributed by atoms with E-state index in [-0.39, 0.29) is 4.47 Å². The summed E-state index contributed by atoms with van der Waals surface area (Å²) in [5, 5.41) is 0. The first kappa shape index (κ1) is 14.9. The fourth-order valence-electron chi connectivity index (χ4n) is 1.47. The molecule has 0 saturated carbocycles. The van der Waals surface area contributed by atoms with Gasteiger partial charge in [0.1, 0.15) is 5.82 Å². The highest BCUT2D eigenvalue weighted by Crippen LogP contribution is 2.38. The van der Waals surface area contributed by atoms with Crippen molar-refractivity contribution in [2.45, 2.75) is 19.0 Å². The highest BCUT2D eigenvalue weighted by atomic mass is 79.9. The number of carbonyl (C=O) groups excluding carboxylic acids is 1. The molecule has 0 fully saturated rings. The maximum absolute atomic E-state index is 13.3. The van der Waals surface area contributed by atoms with Gasteiger partial charge in [-0.15, -0.1) is 0 Å². The zero-order valence-corrected chi connectivity index (χ0v) is 11.0. The molecular weight excluding hydrogens is 320 g/mol. The largest absolute Gasteiger partial charge is 0.469 e. The number of hydrogen-bond donors (Lipinski definition) is 0. The molecule has 0 N–H and O–H groups in total. The molecule has 0 aliphatic carbocycles. The minimum atomic E-state index is -4.67. The van der Waals surface area contributed by atoms with Crippen LogP contribution in [0, 0.1) is 5.82 Å². The highest BCUT2D eigenvalue weighted by molar-refractivity contribution is 9.10. The molecule has 0 radical (unpaired) electrons. The molecule has 0 bridgehead atoms. The quantitative estimate of drug-likeness (QED) is 0.608. The molecule has 1 unspecified atom stereocenters. The van der Waals surface area contributed by atoms with Crippen LogP contribution in [0.25, 0.3) is 0 Å². The van der Waals surface area contributed by atoms with Gasteiger partial charge in [0.15, 0.2) is 0 Å². The molecule has 1 rings (SSSR count). The summed E-state index contributed by atoms with van der Waals surface area (Å²) in [6, 6.07) is 1.30. The standard InChI is InChI=1S/C11H9BrF4O2/c1-5(10(17)18-2)6-3-9(13)8(12)4-7(6)11(14,15)16/h3-5H,1-2H3. The zero-order valence-electron chi connectivity index (χ0n) is 9.44. The van der Waals surface area contributed by atoms with Crippen molar-refractivity contribution in [3.8, 4) is 0 Å². The minimum Gasteiger partial charge on any atom is -0.469 e. The van der Waals surface area contributed by atoms with Gasteiger partial charge in [-0.05, 0) is 40.5 Å². The number of halogens is 5. The minimum absolute atomic E-state index is 0.310. The third-order valence-electron chi connectivity index (χ3n) is 2.42. The van der Waals surface area contributed by atoms with Crippen molar-refractivity contribution in [3.05, 3.63) is 33.5 Å². The van der Waals surface area contributed by atoms with Gasteiger partial charge in [-0.25, -0.2) is 4.39 Å². The number of ether oxygens (including phenoxy) is 1. The average Bonchev–Trinajstić information content (AvgIpc) is 2.28. The molecule has 100 valence electrons. The van der Waals surface area contributed by atoms with E-state index in [1.807, 2.05) is 0 Å². The third kappa shape index (κ3) is 3.01. The van der Waals surface area contributed by atoms with Crippen LogP contribution in [0.3, 0.4) is 0 Å². The SMILES string of the molecule is COC(=O)C(C)c1cc(F)c(Br)cc1C(F)(F)F. The van der Waals surface area contributed by atoms with Gasteiger partial charge in [-0.1, -0.05) is 0 Å². The molecule has 0 saturated heterocycles. The molecule has 0 heterocycles. The van der Waals surface area contributed by atoms with E-state index < -0.39 is 35.0 Å². The molecule has 0 aliphatic heterocycles. The predicted octanol–water partition coefficient (Wildman–Crippen LogP) is 3.88. The Hall–Kier alpha value is -1.11. The van der Waals surface area contributed by atoms with Gasteiger partial charge in [-0.3, -0.25) is 4.79 Å². The van der Waals surface area contributed by atoms with E-state index in [0.29, 0.717) is 12.1 Å². The monoisotopic (exact) mass is 328 g/mol. The Morgan fingerprint density at radius 1 is 1.39 bits per heavy atom. The van der Waals surface area contributed by atoms with E-state index in [2.05, 4.69) is 20.7 Å². The van der Waals surface area contributed by atoms with Crippen LogP contribution in [0.1, 0.15) is 24.0 Å². The maximum atomic E-state index is 13.3. The van der Waals surface area contributed by atoms with Gasteiger partial charge in [0.25, 0.3) is 0 Å². The molecular formula is C11H9BrF4O2. The molecule has 2 nitrogen and oxygen atoms in total. The lowest BCUT2D eigenvalue weighted by Gasteiger charge is -2.17. The van der Waals surface area contributed by atoms with Crippen molar-refractivity contribution in [3.63, 3.8) is 0 Å². The fraction of sp³-hybridized carbons (Fsp3) is 0.364. The summed E-state index contributed by atoms with van der Waals surface area (Å²) < 4.78 is 55.7. The molecule has 0 aromatic heterocycles. The number of benzene rings is 1. The second-order valence-electron chi connectivity index (χ2n) is 3.60. The molecule has 0 aliphatic rings. The molecule has 18 heavy (non-hydrogen) atoms. The first-order valence-corrected chi connectivity index (χ1v) is 5.61. The van der Waals surface area contributed by atoms with Gasteiger partial charge < -0.3 is 4.74 Å². The molecule has 0 amide bonds. The lowest BCUT2D eigenvalue weighted by molar-refractivity contribution is -0.143. The summed E-state index contributed by atoms with van der Waals surface area (Å²) in [6.45, 7) is 1.23. The maximum Gasteiger partial charge on any atom is 0.416 e. The van der Waals surface area contributed by atoms with Crippen molar-refractivity contribution in [1.82, 2.24) is 0 Å². The number of alkyl halides is 3. The summed E-state index contributed by atoms with van der Waals surface area (Å²) >= 11 is 2.68. The smallest absolute Gasteiger partial charge is 0.416 e. The number of carbonyl (C=O) groups is 1. The average molecular weight is 329 g/mol. The van der Waals surface area contributed by atoms with Crippen molar-refractivity contribution < 1.29 is 27.1 Å². The van der Waals surface area contributed by atoms with Gasteiger partial charge in [0, 0.05) is 0 Å².